The van der Waals surface area contributed by atoms with Gasteiger partial charge < -0.3 is 9.47 Å². The number of esters is 1. The highest BCUT2D eigenvalue weighted by Gasteiger charge is 2.47. The van der Waals surface area contributed by atoms with Crippen LogP contribution in [0.1, 0.15) is 18.4 Å². The molecule has 88 valence electrons. The van der Waals surface area contributed by atoms with Crippen molar-refractivity contribution >= 4 is 17.6 Å². The van der Waals surface area contributed by atoms with Gasteiger partial charge in [0.1, 0.15) is 11.4 Å². The molecule has 0 aromatic heterocycles. The molecule has 0 saturated carbocycles. The molecule has 0 N–H and O–H groups in total. The fourth-order valence-corrected chi connectivity index (χ4v) is 2.61. The summed E-state index contributed by atoms with van der Waals surface area (Å²) >= 11 is 5.99. The predicted molar refractivity (Wildman–Crippen MR) is 63.1 cm³/mol. The number of fused-ring (bicyclic) bond motifs is 2. The Kier molecular flexibility index (Phi) is 2.20. The van der Waals surface area contributed by atoms with Crippen LogP contribution in [0.15, 0.2) is 30.4 Å². The lowest BCUT2D eigenvalue weighted by Gasteiger charge is -2.33. The van der Waals surface area contributed by atoms with Crippen LogP contribution in [0, 0.1) is 0 Å². The minimum atomic E-state index is -0.618. The number of carbonyl (C=O) groups excluding carboxylic acids is 1. The molecule has 3 rings (SSSR count). The minimum absolute atomic E-state index is 0.321. The van der Waals surface area contributed by atoms with Crippen molar-refractivity contribution in [2.45, 2.75) is 18.4 Å². The number of rotatable bonds is 0. The van der Waals surface area contributed by atoms with Crippen molar-refractivity contribution in [2.75, 3.05) is 6.61 Å². The van der Waals surface area contributed by atoms with Crippen LogP contribution in [-0.4, -0.2) is 12.6 Å². The molecule has 2 aliphatic heterocycles. The zero-order valence-electron chi connectivity index (χ0n) is 9.16. The maximum atomic E-state index is 11.5. The maximum absolute atomic E-state index is 11.5. The number of hydrogen-bond donors (Lipinski definition) is 0. The van der Waals surface area contributed by atoms with Crippen molar-refractivity contribution < 1.29 is 14.3 Å². The number of ether oxygens (including phenoxy) is 2. The molecule has 0 radical (unpaired) electrons. The molecule has 1 saturated heterocycles. The molecule has 0 aliphatic carbocycles. The Balaban J connectivity index is 2.13. The summed E-state index contributed by atoms with van der Waals surface area (Å²) in [5, 5.41) is 0.613. The lowest BCUT2D eigenvalue weighted by molar-refractivity contribution is -0.149. The smallest absolute Gasteiger partial charge is 0.334 e. The van der Waals surface area contributed by atoms with Gasteiger partial charge >= 0.3 is 5.97 Å². The van der Waals surface area contributed by atoms with Gasteiger partial charge in [0.15, 0.2) is 0 Å². The summed E-state index contributed by atoms with van der Waals surface area (Å²) in [6.07, 6.45) is 1.16. The summed E-state index contributed by atoms with van der Waals surface area (Å²) in [4.78, 5) is 11.5. The van der Waals surface area contributed by atoms with Crippen LogP contribution in [0.25, 0.3) is 0 Å². The number of carbonyl (C=O) groups is 1. The van der Waals surface area contributed by atoms with Crippen LogP contribution in [0.2, 0.25) is 5.02 Å². The first-order valence-corrected chi connectivity index (χ1v) is 5.82. The Morgan fingerprint density at radius 3 is 2.94 bits per heavy atom. The standard InChI is InChI=1S/C13H11ClO3/c1-8-7-13(17-12(8)15)4-5-16-11-3-2-9(14)6-10(11)13/h2-3,6H,1,4-5,7H2. The van der Waals surface area contributed by atoms with Crippen LogP contribution in [0.4, 0.5) is 0 Å². The molecule has 1 fully saturated rings. The Morgan fingerprint density at radius 2 is 2.24 bits per heavy atom. The van der Waals surface area contributed by atoms with E-state index in [2.05, 4.69) is 6.58 Å². The van der Waals surface area contributed by atoms with Crippen molar-refractivity contribution in [2.24, 2.45) is 0 Å². The summed E-state index contributed by atoms with van der Waals surface area (Å²) < 4.78 is 11.1. The van der Waals surface area contributed by atoms with E-state index in [-0.39, 0.29) is 5.97 Å². The van der Waals surface area contributed by atoms with Gasteiger partial charge in [0.2, 0.25) is 0 Å². The monoisotopic (exact) mass is 250 g/mol. The SMILES string of the molecule is C=C1CC2(CCOc3ccc(Cl)cc32)OC1=O. The Hall–Kier alpha value is -1.48. The summed E-state index contributed by atoms with van der Waals surface area (Å²) in [6.45, 7) is 4.27. The molecule has 1 atom stereocenters. The van der Waals surface area contributed by atoms with Crippen LogP contribution in [0.3, 0.4) is 0 Å². The molecule has 17 heavy (non-hydrogen) atoms. The number of halogens is 1. The van der Waals surface area contributed by atoms with Crippen LogP contribution >= 0.6 is 11.6 Å². The fraction of sp³-hybridized carbons (Fsp3) is 0.308. The second-order valence-electron chi connectivity index (χ2n) is 4.40. The van der Waals surface area contributed by atoms with Gasteiger partial charge in [-0.1, -0.05) is 18.2 Å². The second kappa shape index (κ2) is 3.50. The molecule has 1 spiro atoms. The van der Waals surface area contributed by atoms with Gasteiger partial charge in [-0.05, 0) is 18.2 Å². The van der Waals surface area contributed by atoms with Crippen LogP contribution in [0.5, 0.6) is 5.75 Å². The van der Waals surface area contributed by atoms with E-state index in [1.807, 2.05) is 12.1 Å². The third-order valence-electron chi connectivity index (χ3n) is 3.27. The zero-order chi connectivity index (χ0) is 12.0. The average molecular weight is 251 g/mol. The normalized spacial score (nSPS) is 26.6. The van der Waals surface area contributed by atoms with Crippen LogP contribution in [-0.2, 0) is 15.1 Å². The molecule has 2 aliphatic rings. The first-order valence-electron chi connectivity index (χ1n) is 5.45. The topological polar surface area (TPSA) is 35.5 Å². The van der Waals surface area contributed by atoms with Crippen molar-refractivity contribution in [3.8, 4) is 5.75 Å². The third kappa shape index (κ3) is 1.53. The van der Waals surface area contributed by atoms with Gasteiger partial charge in [-0.3, -0.25) is 0 Å². The number of benzene rings is 1. The molecule has 0 bridgehead atoms. The van der Waals surface area contributed by atoms with Gasteiger partial charge in [-0.15, -0.1) is 0 Å². The van der Waals surface area contributed by atoms with E-state index in [0.717, 1.165) is 11.3 Å². The van der Waals surface area contributed by atoms with Crippen molar-refractivity contribution in [3.63, 3.8) is 0 Å². The summed E-state index contributed by atoms with van der Waals surface area (Å²) in [6, 6.07) is 5.39. The van der Waals surface area contributed by atoms with E-state index in [4.69, 9.17) is 21.1 Å². The van der Waals surface area contributed by atoms with Gasteiger partial charge in [0, 0.05) is 29.0 Å². The van der Waals surface area contributed by atoms with E-state index >= 15 is 0 Å². The first kappa shape index (κ1) is 10.7. The molecular weight excluding hydrogens is 240 g/mol. The highest BCUT2D eigenvalue weighted by molar-refractivity contribution is 6.30. The van der Waals surface area contributed by atoms with Gasteiger partial charge in [0.05, 0.1) is 6.61 Å². The highest BCUT2D eigenvalue weighted by Crippen LogP contribution is 2.48. The highest BCUT2D eigenvalue weighted by atomic mass is 35.5. The maximum Gasteiger partial charge on any atom is 0.334 e. The lowest BCUT2D eigenvalue weighted by atomic mass is 9.85. The predicted octanol–water partition coefficient (Wildman–Crippen LogP) is 2.82. The van der Waals surface area contributed by atoms with Crippen molar-refractivity contribution in [1.82, 2.24) is 0 Å². The largest absolute Gasteiger partial charge is 0.493 e. The van der Waals surface area contributed by atoms with Crippen LogP contribution < -0.4 is 4.74 Å². The van der Waals surface area contributed by atoms with E-state index < -0.39 is 5.60 Å². The van der Waals surface area contributed by atoms with E-state index in [1.165, 1.54) is 0 Å². The van der Waals surface area contributed by atoms with Gasteiger partial charge in [0.25, 0.3) is 0 Å². The molecule has 3 nitrogen and oxygen atoms in total. The number of hydrogen-bond acceptors (Lipinski definition) is 3. The van der Waals surface area contributed by atoms with E-state index in [0.29, 0.717) is 30.0 Å². The average Bonchev–Trinajstić information content (AvgIpc) is 2.57. The second-order valence-corrected chi connectivity index (χ2v) is 4.84. The van der Waals surface area contributed by atoms with E-state index in [9.17, 15) is 4.79 Å². The van der Waals surface area contributed by atoms with Crippen molar-refractivity contribution in [1.29, 1.82) is 0 Å². The van der Waals surface area contributed by atoms with E-state index in [1.54, 1.807) is 6.07 Å². The molecule has 1 unspecified atom stereocenters. The summed E-state index contributed by atoms with van der Waals surface area (Å²) in [5.41, 5.74) is 0.744. The molecular formula is C13H11ClO3. The van der Waals surface area contributed by atoms with Gasteiger partial charge in [-0.2, -0.15) is 0 Å². The minimum Gasteiger partial charge on any atom is -0.493 e. The fourth-order valence-electron chi connectivity index (χ4n) is 2.44. The zero-order valence-corrected chi connectivity index (χ0v) is 9.92. The Labute approximate surface area is 104 Å². The molecule has 2 heterocycles. The third-order valence-corrected chi connectivity index (χ3v) is 3.51. The summed E-state index contributed by atoms with van der Waals surface area (Å²) in [5.74, 6) is 0.418. The molecule has 4 heteroatoms. The molecule has 0 amide bonds. The summed E-state index contributed by atoms with van der Waals surface area (Å²) in [7, 11) is 0. The molecule has 1 aromatic carbocycles. The van der Waals surface area contributed by atoms with Gasteiger partial charge in [-0.25, -0.2) is 4.79 Å². The first-order chi connectivity index (χ1) is 8.11. The quantitative estimate of drug-likeness (QED) is 0.525. The van der Waals surface area contributed by atoms with Crippen molar-refractivity contribution in [3.05, 3.63) is 40.9 Å². The Morgan fingerprint density at radius 1 is 1.41 bits per heavy atom. The lowest BCUT2D eigenvalue weighted by Crippen LogP contribution is -2.32. The Bertz CT molecular complexity index is 505. The molecule has 1 aromatic rings.